The molecule has 156 valence electrons. The van der Waals surface area contributed by atoms with Gasteiger partial charge in [-0.1, -0.05) is 35.5 Å². The van der Waals surface area contributed by atoms with Gasteiger partial charge < -0.3 is 23.5 Å². The molecule has 0 saturated carbocycles. The van der Waals surface area contributed by atoms with Crippen molar-refractivity contribution in [3.05, 3.63) is 71.9 Å². The third kappa shape index (κ3) is 3.66. The van der Waals surface area contributed by atoms with Crippen LogP contribution >= 0.6 is 0 Å². The molecular weight excluding hydrogens is 398 g/mol. The lowest BCUT2D eigenvalue weighted by Gasteiger charge is -2.12. The number of carbonyl (C=O) groups is 1. The molecule has 0 bridgehead atoms. The molecule has 0 radical (unpaired) electrons. The van der Waals surface area contributed by atoms with Gasteiger partial charge in [0.25, 0.3) is 0 Å². The minimum atomic E-state index is -0.479. The highest BCUT2D eigenvalue weighted by molar-refractivity contribution is 6.07. The molecule has 5 rings (SSSR count). The van der Waals surface area contributed by atoms with Gasteiger partial charge in [-0.15, -0.1) is 0 Å². The van der Waals surface area contributed by atoms with E-state index in [1.54, 1.807) is 12.1 Å². The normalized spacial score (nSPS) is 12.2. The Bertz CT molecular complexity index is 1260. The highest BCUT2D eigenvalue weighted by Gasteiger charge is 2.20. The average Bonchev–Trinajstić information content (AvgIpc) is 3.46. The lowest BCUT2D eigenvalue weighted by molar-refractivity contribution is 0.0462. The fourth-order valence-electron chi connectivity index (χ4n) is 3.52. The Kier molecular flexibility index (Phi) is 4.92. The maximum absolute atomic E-state index is 12.9. The van der Waals surface area contributed by atoms with E-state index in [4.69, 9.17) is 23.5 Å². The zero-order valence-corrected chi connectivity index (χ0v) is 16.8. The Morgan fingerprint density at radius 3 is 2.81 bits per heavy atom. The Hall–Kier alpha value is -4.00. The van der Waals surface area contributed by atoms with Gasteiger partial charge in [0, 0.05) is 11.6 Å². The van der Waals surface area contributed by atoms with E-state index < -0.39 is 5.97 Å². The summed E-state index contributed by atoms with van der Waals surface area (Å²) in [7, 11) is 0. The van der Waals surface area contributed by atoms with Crippen LogP contribution in [0.3, 0.4) is 0 Å². The summed E-state index contributed by atoms with van der Waals surface area (Å²) in [4.78, 5) is 12.9. The number of fused-ring (bicyclic) bond motifs is 2. The van der Waals surface area contributed by atoms with E-state index in [0.717, 1.165) is 16.3 Å². The first-order valence-corrected chi connectivity index (χ1v) is 9.90. The van der Waals surface area contributed by atoms with Crippen LogP contribution in [0.25, 0.3) is 22.1 Å². The largest absolute Gasteiger partial charge is 0.493 e. The average molecular weight is 417 g/mol. The topological polar surface area (TPSA) is 80.0 Å². The summed E-state index contributed by atoms with van der Waals surface area (Å²) in [5.74, 6) is 1.91. The molecule has 0 amide bonds. The van der Waals surface area contributed by atoms with E-state index in [0.29, 0.717) is 40.9 Å². The summed E-state index contributed by atoms with van der Waals surface area (Å²) in [6.07, 6.45) is 0. The number of carbonyl (C=O) groups excluding carboxylic acids is 1. The lowest BCUT2D eigenvalue weighted by atomic mass is 10.0. The van der Waals surface area contributed by atoms with Crippen molar-refractivity contribution in [1.29, 1.82) is 0 Å². The highest BCUT2D eigenvalue weighted by Crippen LogP contribution is 2.36. The van der Waals surface area contributed by atoms with E-state index in [9.17, 15) is 4.79 Å². The molecule has 31 heavy (non-hydrogen) atoms. The first-order chi connectivity index (χ1) is 15.2. The third-order valence-electron chi connectivity index (χ3n) is 4.96. The fourth-order valence-corrected chi connectivity index (χ4v) is 3.52. The first-order valence-electron chi connectivity index (χ1n) is 9.90. The predicted molar refractivity (Wildman–Crippen MR) is 112 cm³/mol. The predicted octanol–water partition coefficient (Wildman–Crippen LogP) is 4.98. The number of rotatable bonds is 6. The number of hydrogen-bond acceptors (Lipinski definition) is 7. The molecule has 0 fully saturated rings. The van der Waals surface area contributed by atoms with Gasteiger partial charge in [-0.25, -0.2) is 4.79 Å². The summed E-state index contributed by atoms with van der Waals surface area (Å²) in [5.41, 5.74) is 1.70. The molecule has 3 aromatic carbocycles. The van der Waals surface area contributed by atoms with Crippen molar-refractivity contribution in [3.8, 4) is 28.6 Å². The summed E-state index contributed by atoms with van der Waals surface area (Å²) < 4.78 is 27.3. The second kappa shape index (κ2) is 8.02. The monoisotopic (exact) mass is 417 g/mol. The zero-order valence-electron chi connectivity index (χ0n) is 16.8. The van der Waals surface area contributed by atoms with Crippen molar-refractivity contribution < 1.29 is 28.3 Å². The van der Waals surface area contributed by atoms with Gasteiger partial charge in [-0.3, -0.25) is 0 Å². The van der Waals surface area contributed by atoms with Gasteiger partial charge in [-0.05, 0) is 42.0 Å². The van der Waals surface area contributed by atoms with Crippen LogP contribution < -0.4 is 14.2 Å². The Labute approximate surface area is 178 Å². The SMILES string of the molecule is CCOc1ccc2ccccc2c1C(=O)OCc1cc(-c2ccc3c(c2)OCO3)on1. The van der Waals surface area contributed by atoms with E-state index in [1.807, 2.05) is 55.5 Å². The number of esters is 1. The molecule has 0 atom stereocenters. The molecule has 0 saturated heterocycles. The standard InChI is InChI=1S/C24H19NO6/c1-2-27-20-10-7-15-5-3-4-6-18(15)23(20)24(26)28-13-17-12-21(31-25-17)16-8-9-19-22(11-16)30-14-29-19/h3-12H,2,13-14H2,1H3. The van der Waals surface area contributed by atoms with Crippen LogP contribution in [0.1, 0.15) is 23.0 Å². The Morgan fingerprint density at radius 1 is 1.03 bits per heavy atom. The maximum Gasteiger partial charge on any atom is 0.342 e. The van der Waals surface area contributed by atoms with Crippen molar-refractivity contribution >= 4 is 16.7 Å². The van der Waals surface area contributed by atoms with Crippen LogP contribution in [0.2, 0.25) is 0 Å². The van der Waals surface area contributed by atoms with Gasteiger partial charge in [0.1, 0.15) is 23.6 Å². The lowest BCUT2D eigenvalue weighted by Crippen LogP contribution is -2.09. The van der Waals surface area contributed by atoms with Crippen molar-refractivity contribution in [2.45, 2.75) is 13.5 Å². The van der Waals surface area contributed by atoms with E-state index in [1.165, 1.54) is 0 Å². The summed E-state index contributed by atoms with van der Waals surface area (Å²) in [6, 6.07) is 18.6. The molecule has 0 unspecified atom stereocenters. The molecule has 0 N–H and O–H groups in total. The van der Waals surface area contributed by atoms with Crippen LogP contribution in [0, 0.1) is 0 Å². The number of ether oxygens (including phenoxy) is 4. The maximum atomic E-state index is 12.9. The van der Waals surface area contributed by atoms with Crippen LogP contribution in [-0.4, -0.2) is 24.5 Å². The molecule has 7 heteroatoms. The molecule has 0 aliphatic carbocycles. The van der Waals surface area contributed by atoms with Crippen LogP contribution in [0.4, 0.5) is 0 Å². The van der Waals surface area contributed by atoms with Gasteiger partial charge >= 0.3 is 5.97 Å². The zero-order chi connectivity index (χ0) is 21.2. The number of benzene rings is 3. The molecule has 1 aliphatic rings. The summed E-state index contributed by atoms with van der Waals surface area (Å²) in [5, 5.41) is 5.73. The van der Waals surface area contributed by atoms with Gasteiger partial charge in [-0.2, -0.15) is 0 Å². The van der Waals surface area contributed by atoms with Crippen molar-refractivity contribution in [2.75, 3.05) is 13.4 Å². The van der Waals surface area contributed by atoms with Gasteiger partial charge in [0.2, 0.25) is 6.79 Å². The number of aromatic nitrogens is 1. The molecule has 1 aromatic heterocycles. The molecule has 2 heterocycles. The van der Waals surface area contributed by atoms with Crippen molar-refractivity contribution in [3.63, 3.8) is 0 Å². The molecule has 4 aromatic rings. The van der Waals surface area contributed by atoms with Crippen LogP contribution in [0.5, 0.6) is 17.2 Å². The fraction of sp³-hybridized carbons (Fsp3) is 0.167. The van der Waals surface area contributed by atoms with Gasteiger partial charge in [0.15, 0.2) is 17.3 Å². The minimum Gasteiger partial charge on any atom is -0.493 e. The molecule has 0 spiro atoms. The van der Waals surface area contributed by atoms with E-state index in [2.05, 4.69) is 5.16 Å². The molecule has 7 nitrogen and oxygen atoms in total. The van der Waals surface area contributed by atoms with E-state index in [-0.39, 0.29) is 13.4 Å². The Balaban J connectivity index is 1.35. The number of hydrogen-bond donors (Lipinski definition) is 0. The Morgan fingerprint density at radius 2 is 1.90 bits per heavy atom. The second-order valence-electron chi connectivity index (χ2n) is 6.92. The third-order valence-corrected chi connectivity index (χ3v) is 4.96. The minimum absolute atomic E-state index is 0.0261. The summed E-state index contributed by atoms with van der Waals surface area (Å²) >= 11 is 0. The number of nitrogens with zero attached hydrogens (tertiary/aromatic N) is 1. The smallest absolute Gasteiger partial charge is 0.342 e. The van der Waals surface area contributed by atoms with E-state index >= 15 is 0 Å². The molecule has 1 aliphatic heterocycles. The van der Waals surface area contributed by atoms with Crippen LogP contribution in [-0.2, 0) is 11.3 Å². The van der Waals surface area contributed by atoms with Gasteiger partial charge in [0.05, 0.1) is 6.61 Å². The quantitative estimate of drug-likeness (QED) is 0.409. The second-order valence-corrected chi connectivity index (χ2v) is 6.92. The van der Waals surface area contributed by atoms with Crippen LogP contribution in [0.15, 0.2) is 65.2 Å². The summed E-state index contributed by atoms with van der Waals surface area (Å²) in [6.45, 7) is 2.49. The highest BCUT2D eigenvalue weighted by atomic mass is 16.7. The first kappa shape index (κ1) is 19.0. The van der Waals surface area contributed by atoms with Crippen molar-refractivity contribution in [2.24, 2.45) is 0 Å². The molecular formula is C24H19NO6. The van der Waals surface area contributed by atoms with Crippen molar-refractivity contribution in [1.82, 2.24) is 5.16 Å².